The molecule has 5 heteroatoms. The lowest BCUT2D eigenvalue weighted by Crippen LogP contribution is -1.85. The third-order valence-corrected chi connectivity index (χ3v) is 1.94. The van der Waals surface area contributed by atoms with Gasteiger partial charge in [-0.2, -0.15) is 4.98 Å². The highest BCUT2D eigenvalue weighted by Crippen LogP contribution is 2.21. The van der Waals surface area contributed by atoms with Crippen molar-refractivity contribution in [3.8, 4) is 11.8 Å². The number of alkyl halides is 1. The van der Waals surface area contributed by atoms with E-state index in [2.05, 4.69) is 4.98 Å². The van der Waals surface area contributed by atoms with Crippen LogP contribution in [0.1, 0.15) is 5.69 Å². The van der Waals surface area contributed by atoms with Gasteiger partial charge in [0.05, 0.1) is 11.6 Å². The standard InChI is InChI=1S/C10H7ClFNO2/c11-5-8-6-14-10(13-8)15-9-3-1-2-7(12)4-9/h1-4,6H,5H2. The van der Waals surface area contributed by atoms with Gasteiger partial charge in [0.25, 0.3) is 0 Å². The Morgan fingerprint density at radius 1 is 1.47 bits per heavy atom. The van der Waals surface area contributed by atoms with Crippen molar-refractivity contribution in [2.45, 2.75) is 5.88 Å². The van der Waals surface area contributed by atoms with Gasteiger partial charge in [0.15, 0.2) is 0 Å². The lowest BCUT2D eigenvalue weighted by molar-refractivity contribution is 0.329. The van der Waals surface area contributed by atoms with Crippen LogP contribution in [0.2, 0.25) is 0 Å². The largest absolute Gasteiger partial charge is 0.417 e. The Balaban J connectivity index is 2.14. The van der Waals surface area contributed by atoms with E-state index in [1.807, 2.05) is 0 Å². The maximum Gasteiger partial charge on any atom is 0.399 e. The van der Waals surface area contributed by atoms with Crippen LogP contribution >= 0.6 is 11.6 Å². The zero-order valence-corrected chi connectivity index (χ0v) is 8.37. The number of oxazole rings is 1. The van der Waals surface area contributed by atoms with Gasteiger partial charge in [-0.1, -0.05) is 6.07 Å². The second-order valence-corrected chi connectivity index (χ2v) is 3.07. The van der Waals surface area contributed by atoms with Crippen molar-refractivity contribution < 1.29 is 13.5 Å². The van der Waals surface area contributed by atoms with E-state index < -0.39 is 0 Å². The Kier molecular flexibility index (Phi) is 2.87. The predicted molar refractivity (Wildman–Crippen MR) is 52.5 cm³/mol. The fraction of sp³-hybridized carbons (Fsp3) is 0.100. The third kappa shape index (κ3) is 2.47. The summed E-state index contributed by atoms with van der Waals surface area (Å²) in [6.45, 7) is 0. The molecule has 1 aromatic heterocycles. The van der Waals surface area contributed by atoms with Gasteiger partial charge in [-0.05, 0) is 12.1 Å². The molecule has 0 atom stereocenters. The van der Waals surface area contributed by atoms with Gasteiger partial charge in [0.1, 0.15) is 17.8 Å². The Morgan fingerprint density at radius 2 is 2.33 bits per heavy atom. The summed E-state index contributed by atoms with van der Waals surface area (Å²) < 4.78 is 22.9. The van der Waals surface area contributed by atoms with Gasteiger partial charge in [-0.3, -0.25) is 0 Å². The first-order valence-corrected chi connectivity index (χ1v) is 4.75. The minimum Gasteiger partial charge on any atom is -0.417 e. The highest BCUT2D eigenvalue weighted by molar-refractivity contribution is 6.16. The first-order chi connectivity index (χ1) is 7.28. The zero-order valence-electron chi connectivity index (χ0n) is 7.61. The Labute approximate surface area is 90.4 Å². The number of hydrogen-bond acceptors (Lipinski definition) is 3. The second kappa shape index (κ2) is 4.31. The van der Waals surface area contributed by atoms with Crippen molar-refractivity contribution in [3.63, 3.8) is 0 Å². The predicted octanol–water partition coefficient (Wildman–Crippen LogP) is 3.34. The van der Waals surface area contributed by atoms with Crippen LogP contribution in [-0.4, -0.2) is 4.98 Å². The summed E-state index contributed by atoms with van der Waals surface area (Å²) in [7, 11) is 0. The Morgan fingerprint density at radius 3 is 3.00 bits per heavy atom. The fourth-order valence-electron chi connectivity index (χ4n) is 1.03. The lowest BCUT2D eigenvalue weighted by atomic mass is 10.3. The van der Waals surface area contributed by atoms with Crippen molar-refractivity contribution in [2.24, 2.45) is 0 Å². The number of ether oxygens (including phenoxy) is 1. The van der Waals surface area contributed by atoms with E-state index in [0.29, 0.717) is 11.4 Å². The highest BCUT2D eigenvalue weighted by Gasteiger charge is 2.05. The van der Waals surface area contributed by atoms with E-state index in [1.165, 1.54) is 24.5 Å². The number of hydrogen-bond donors (Lipinski definition) is 0. The summed E-state index contributed by atoms with van der Waals surface area (Å²) in [5.41, 5.74) is 0.572. The molecule has 78 valence electrons. The van der Waals surface area contributed by atoms with Crippen LogP contribution in [0.4, 0.5) is 4.39 Å². The monoisotopic (exact) mass is 227 g/mol. The minimum absolute atomic E-state index is 0.0521. The molecule has 0 bridgehead atoms. The van der Waals surface area contributed by atoms with Crippen LogP contribution in [0.25, 0.3) is 0 Å². The first-order valence-electron chi connectivity index (χ1n) is 4.22. The maximum absolute atomic E-state index is 12.8. The molecule has 0 saturated heterocycles. The fourth-order valence-corrected chi connectivity index (χ4v) is 1.15. The number of aromatic nitrogens is 1. The van der Waals surface area contributed by atoms with Crippen LogP contribution in [0.5, 0.6) is 11.8 Å². The maximum atomic E-state index is 12.8. The Bertz CT molecular complexity index is 458. The van der Waals surface area contributed by atoms with Gasteiger partial charge >= 0.3 is 6.08 Å². The number of benzene rings is 1. The van der Waals surface area contributed by atoms with Crippen LogP contribution in [-0.2, 0) is 5.88 Å². The van der Waals surface area contributed by atoms with Crippen molar-refractivity contribution >= 4 is 11.6 Å². The molecule has 0 aliphatic carbocycles. The molecule has 1 heterocycles. The van der Waals surface area contributed by atoms with Gasteiger partial charge < -0.3 is 9.15 Å². The lowest BCUT2D eigenvalue weighted by Gasteiger charge is -1.99. The van der Waals surface area contributed by atoms with Crippen molar-refractivity contribution in [1.82, 2.24) is 4.98 Å². The SMILES string of the molecule is Fc1cccc(Oc2nc(CCl)co2)c1. The minimum atomic E-state index is -0.378. The number of nitrogens with zero attached hydrogens (tertiary/aromatic N) is 1. The quantitative estimate of drug-likeness (QED) is 0.755. The Hall–Kier alpha value is -1.55. The smallest absolute Gasteiger partial charge is 0.399 e. The molecule has 0 aliphatic rings. The average Bonchev–Trinajstić information content (AvgIpc) is 2.65. The van der Waals surface area contributed by atoms with E-state index in [9.17, 15) is 4.39 Å². The number of rotatable bonds is 3. The average molecular weight is 228 g/mol. The van der Waals surface area contributed by atoms with Crippen LogP contribution in [0.15, 0.2) is 34.9 Å². The highest BCUT2D eigenvalue weighted by atomic mass is 35.5. The van der Waals surface area contributed by atoms with Crippen molar-refractivity contribution in [2.75, 3.05) is 0 Å². The van der Waals surface area contributed by atoms with Gasteiger partial charge in [0, 0.05) is 6.07 Å². The zero-order chi connectivity index (χ0) is 10.7. The van der Waals surface area contributed by atoms with E-state index in [0.717, 1.165) is 0 Å². The van der Waals surface area contributed by atoms with E-state index in [-0.39, 0.29) is 17.8 Å². The van der Waals surface area contributed by atoms with Crippen molar-refractivity contribution in [1.29, 1.82) is 0 Å². The molecule has 1 aromatic carbocycles. The third-order valence-electron chi connectivity index (χ3n) is 1.67. The number of halogens is 2. The normalized spacial score (nSPS) is 10.3. The summed E-state index contributed by atoms with van der Waals surface area (Å²) in [6, 6.07) is 5.71. The van der Waals surface area contributed by atoms with Crippen molar-refractivity contribution in [3.05, 3.63) is 42.0 Å². The topological polar surface area (TPSA) is 35.3 Å². The molecule has 2 aromatic rings. The molecule has 0 unspecified atom stereocenters. The van der Waals surface area contributed by atoms with Crippen LogP contribution in [0, 0.1) is 5.82 Å². The molecule has 0 radical (unpaired) electrons. The molecule has 15 heavy (non-hydrogen) atoms. The molecular weight excluding hydrogens is 221 g/mol. The summed E-state index contributed by atoms with van der Waals surface area (Å²) in [6.07, 6.45) is 1.44. The van der Waals surface area contributed by atoms with Gasteiger partial charge in [-0.15, -0.1) is 11.6 Å². The van der Waals surface area contributed by atoms with E-state index in [4.69, 9.17) is 20.8 Å². The molecule has 0 saturated carbocycles. The molecule has 2 rings (SSSR count). The van der Waals surface area contributed by atoms with Crippen LogP contribution in [0.3, 0.4) is 0 Å². The summed E-state index contributed by atoms with van der Waals surface area (Å²) >= 11 is 5.53. The molecular formula is C10H7ClFNO2. The molecule has 3 nitrogen and oxygen atoms in total. The van der Waals surface area contributed by atoms with E-state index in [1.54, 1.807) is 6.07 Å². The van der Waals surface area contributed by atoms with E-state index >= 15 is 0 Å². The first kappa shape index (κ1) is 9.98. The molecule has 0 aliphatic heterocycles. The molecule has 0 fully saturated rings. The van der Waals surface area contributed by atoms with Crippen LogP contribution < -0.4 is 4.74 Å². The molecule has 0 amide bonds. The van der Waals surface area contributed by atoms with Gasteiger partial charge in [-0.25, -0.2) is 4.39 Å². The van der Waals surface area contributed by atoms with Gasteiger partial charge in [0.2, 0.25) is 0 Å². The second-order valence-electron chi connectivity index (χ2n) is 2.80. The summed E-state index contributed by atoms with van der Waals surface area (Å²) in [5, 5.41) is 0. The molecule has 0 N–H and O–H groups in total. The summed E-state index contributed by atoms with van der Waals surface area (Å²) in [5.74, 6) is 0.199. The summed E-state index contributed by atoms with van der Waals surface area (Å²) in [4.78, 5) is 3.91. The molecule has 0 spiro atoms.